The molecule has 1 rings (SSSR count). The third-order valence-corrected chi connectivity index (χ3v) is 1.94. The second kappa shape index (κ2) is 4.47. The zero-order valence-electron chi connectivity index (χ0n) is 9.11. The Balaban J connectivity index is 2.87. The van der Waals surface area contributed by atoms with Crippen LogP contribution in [0.25, 0.3) is 0 Å². The van der Waals surface area contributed by atoms with Gasteiger partial charge in [-0.1, -0.05) is 0 Å². The molecule has 0 unspecified atom stereocenters. The normalized spacial score (nSPS) is 12.0. The van der Waals surface area contributed by atoms with Crippen molar-refractivity contribution in [2.75, 3.05) is 20.8 Å². The molecule has 6 nitrogen and oxygen atoms in total. The van der Waals surface area contributed by atoms with E-state index in [9.17, 15) is 0 Å². The van der Waals surface area contributed by atoms with Crippen molar-refractivity contribution in [3.8, 4) is 0 Å². The first kappa shape index (κ1) is 11.1. The Morgan fingerprint density at radius 1 is 1.50 bits per heavy atom. The molecule has 0 aliphatic heterocycles. The van der Waals surface area contributed by atoms with Crippen molar-refractivity contribution >= 4 is 0 Å². The Morgan fingerprint density at radius 3 is 2.79 bits per heavy atom. The second-order valence-electron chi connectivity index (χ2n) is 3.78. The Labute approximate surface area is 83.6 Å². The van der Waals surface area contributed by atoms with Gasteiger partial charge in [0.2, 0.25) is 0 Å². The fraction of sp³-hybridized carbons (Fsp3) is 0.875. The molecular weight excluding hydrogens is 182 g/mol. The SMILES string of the molecule is CNCc1nnnn1C(C)(C)COC. The van der Waals surface area contributed by atoms with Crippen LogP contribution in [0.5, 0.6) is 0 Å². The van der Waals surface area contributed by atoms with Crippen molar-refractivity contribution in [1.82, 2.24) is 25.5 Å². The van der Waals surface area contributed by atoms with Gasteiger partial charge in [0, 0.05) is 7.11 Å². The van der Waals surface area contributed by atoms with Gasteiger partial charge in [-0.05, 0) is 31.3 Å². The van der Waals surface area contributed by atoms with Crippen LogP contribution in [0.15, 0.2) is 0 Å². The lowest BCUT2D eigenvalue weighted by atomic mass is 10.1. The largest absolute Gasteiger partial charge is 0.382 e. The van der Waals surface area contributed by atoms with Crippen LogP contribution in [0.3, 0.4) is 0 Å². The quantitative estimate of drug-likeness (QED) is 0.710. The van der Waals surface area contributed by atoms with Gasteiger partial charge in [-0.3, -0.25) is 0 Å². The predicted octanol–water partition coefficient (Wildman–Crippen LogP) is -0.226. The zero-order valence-corrected chi connectivity index (χ0v) is 9.11. The van der Waals surface area contributed by atoms with E-state index in [4.69, 9.17) is 4.74 Å². The number of aromatic nitrogens is 4. The number of tetrazole rings is 1. The van der Waals surface area contributed by atoms with Gasteiger partial charge in [-0.2, -0.15) is 0 Å². The smallest absolute Gasteiger partial charge is 0.165 e. The minimum absolute atomic E-state index is 0.218. The summed E-state index contributed by atoms with van der Waals surface area (Å²) in [6.07, 6.45) is 0. The molecule has 0 bridgehead atoms. The summed E-state index contributed by atoms with van der Waals surface area (Å²) in [6.45, 7) is 5.30. The highest BCUT2D eigenvalue weighted by Gasteiger charge is 2.24. The highest BCUT2D eigenvalue weighted by Crippen LogP contribution is 2.14. The molecule has 0 aliphatic carbocycles. The molecule has 1 N–H and O–H groups in total. The maximum absolute atomic E-state index is 5.13. The average molecular weight is 199 g/mol. The third kappa shape index (κ3) is 2.27. The summed E-state index contributed by atoms with van der Waals surface area (Å²) < 4.78 is 6.91. The van der Waals surface area contributed by atoms with Crippen LogP contribution in [0, 0.1) is 0 Å². The molecule has 0 amide bonds. The van der Waals surface area contributed by atoms with Gasteiger partial charge in [0.05, 0.1) is 18.7 Å². The lowest BCUT2D eigenvalue weighted by molar-refractivity contribution is 0.0976. The van der Waals surface area contributed by atoms with E-state index in [1.165, 1.54) is 0 Å². The standard InChI is InChI=1S/C8H17N5O/c1-8(2,6-14-4)13-7(5-9-3)10-11-12-13/h9H,5-6H2,1-4H3. The molecule has 1 heterocycles. The first-order valence-corrected chi connectivity index (χ1v) is 4.53. The fourth-order valence-electron chi connectivity index (χ4n) is 1.36. The number of methoxy groups -OCH3 is 1. The fourth-order valence-corrected chi connectivity index (χ4v) is 1.36. The monoisotopic (exact) mass is 199 g/mol. The van der Waals surface area contributed by atoms with E-state index < -0.39 is 0 Å². The molecule has 0 fully saturated rings. The molecule has 0 spiro atoms. The van der Waals surface area contributed by atoms with Crippen molar-refractivity contribution in [1.29, 1.82) is 0 Å². The molecule has 14 heavy (non-hydrogen) atoms. The van der Waals surface area contributed by atoms with Crippen molar-refractivity contribution in [2.45, 2.75) is 25.9 Å². The predicted molar refractivity (Wildman–Crippen MR) is 51.8 cm³/mol. The minimum atomic E-state index is -0.218. The molecule has 0 radical (unpaired) electrons. The molecule has 1 aromatic rings. The van der Waals surface area contributed by atoms with Crippen LogP contribution in [0.4, 0.5) is 0 Å². The van der Waals surface area contributed by atoms with Gasteiger partial charge >= 0.3 is 0 Å². The van der Waals surface area contributed by atoms with Gasteiger partial charge < -0.3 is 10.1 Å². The maximum Gasteiger partial charge on any atom is 0.165 e. The van der Waals surface area contributed by atoms with Crippen molar-refractivity contribution < 1.29 is 4.74 Å². The van der Waals surface area contributed by atoms with E-state index in [0.29, 0.717) is 13.2 Å². The van der Waals surface area contributed by atoms with E-state index in [1.807, 2.05) is 20.9 Å². The van der Waals surface area contributed by atoms with Crippen molar-refractivity contribution in [3.63, 3.8) is 0 Å². The summed E-state index contributed by atoms with van der Waals surface area (Å²) in [7, 11) is 3.53. The number of nitrogens with zero attached hydrogens (tertiary/aromatic N) is 4. The van der Waals surface area contributed by atoms with Gasteiger partial charge in [0.15, 0.2) is 5.82 Å². The molecule has 80 valence electrons. The zero-order chi connectivity index (χ0) is 10.6. The van der Waals surface area contributed by atoms with E-state index in [1.54, 1.807) is 11.8 Å². The van der Waals surface area contributed by atoms with Crippen LogP contribution < -0.4 is 5.32 Å². The lowest BCUT2D eigenvalue weighted by Gasteiger charge is -2.24. The molecule has 1 aromatic heterocycles. The molecule has 0 aliphatic rings. The third-order valence-electron chi connectivity index (χ3n) is 1.94. The Kier molecular flexibility index (Phi) is 3.54. The Morgan fingerprint density at radius 2 is 2.21 bits per heavy atom. The van der Waals surface area contributed by atoms with Crippen molar-refractivity contribution in [3.05, 3.63) is 5.82 Å². The number of hydrogen-bond donors (Lipinski definition) is 1. The second-order valence-corrected chi connectivity index (χ2v) is 3.78. The number of ether oxygens (including phenoxy) is 1. The van der Waals surface area contributed by atoms with Gasteiger partial charge in [-0.25, -0.2) is 4.68 Å². The lowest BCUT2D eigenvalue weighted by Crippen LogP contribution is -2.35. The molecule has 0 saturated carbocycles. The van der Waals surface area contributed by atoms with Gasteiger partial charge in [0.1, 0.15) is 0 Å². The summed E-state index contributed by atoms with van der Waals surface area (Å²) in [6, 6.07) is 0. The summed E-state index contributed by atoms with van der Waals surface area (Å²) in [5.41, 5.74) is -0.218. The minimum Gasteiger partial charge on any atom is -0.382 e. The Hall–Kier alpha value is -1.01. The van der Waals surface area contributed by atoms with Gasteiger partial charge in [0.25, 0.3) is 0 Å². The van der Waals surface area contributed by atoms with Crippen LogP contribution >= 0.6 is 0 Å². The molecule has 6 heteroatoms. The Bertz CT molecular complexity index is 283. The van der Waals surface area contributed by atoms with E-state index >= 15 is 0 Å². The molecule has 0 atom stereocenters. The first-order chi connectivity index (χ1) is 6.61. The summed E-state index contributed by atoms with van der Waals surface area (Å²) in [5, 5.41) is 14.6. The number of nitrogens with one attached hydrogen (secondary N) is 1. The van der Waals surface area contributed by atoms with E-state index in [0.717, 1.165) is 5.82 Å². The molecule has 0 aromatic carbocycles. The number of hydrogen-bond acceptors (Lipinski definition) is 5. The summed E-state index contributed by atoms with van der Waals surface area (Å²) in [5.74, 6) is 0.814. The maximum atomic E-state index is 5.13. The topological polar surface area (TPSA) is 64.9 Å². The van der Waals surface area contributed by atoms with E-state index in [-0.39, 0.29) is 5.54 Å². The number of rotatable bonds is 5. The van der Waals surface area contributed by atoms with Crippen LogP contribution in [-0.4, -0.2) is 41.0 Å². The highest BCUT2D eigenvalue weighted by molar-refractivity contribution is 4.87. The highest BCUT2D eigenvalue weighted by atomic mass is 16.5. The average Bonchev–Trinajstić information content (AvgIpc) is 2.53. The van der Waals surface area contributed by atoms with Crippen LogP contribution in [0.1, 0.15) is 19.7 Å². The molecule has 0 saturated heterocycles. The van der Waals surface area contributed by atoms with Crippen LogP contribution in [-0.2, 0) is 16.8 Å². The van der Waals surface area contributed by atoms with Crippen LogP contribution in [0.2, 0.25) is 0 Å². The molecular formula is C8H17N5O. The van der Waals surface area contributed by atoms with E-state index in [2.05, 4.69) is 20.8 Å². The summed E-state index contributed by atoms with van der Waals surface area (Å²) >= 11 is 0. The first-order valence-electron chi connectivity index (χ1n) is 4.53. The summed E-state index contributed by atoms with van der Waals surface area (Å²) in [4.78, 5) is 0. The van der Waals surface area contributed by atoms with Gasteiger partial charge in [-0.15, -0.1) is 5.10 Å². The van der Waals surface area contributed by atoms with Crippen molar-refractivity contribution in [2.24, 2.45) is 0 Å².